The van der Waals surface area contributed by atoms with Crippen LogP contribution in [0.15, 0.2) is 15.7 Å². The highest BCUT2D eigenvalue weighted by Gasteiger charge is 2.28. The van der Waals surface area contributed by atoms with Crippen molar-refractivity contribution < 1.29 is 17.9 Å². The predicted octanol–water partition coefficient (Wildman–Crippen LogP) is 0.529. The second kappa shape index (κ2) is 8.95. The largest absolute Gasteiger partial charge is 0.379 e. The monoisotopic (exact) mass is 383 g/mol. The van der Waals surface area contributed by atoms with E-state index in [1.165, 1.54) is 10.4 Å². The number of sulfonamides is 1. The molecule has 1 fully saturated rings. The van der Waals surface area contributed by atoms with Gasteiger partial charge in [-0.15, -0.1) is 23.7 Å². The lowest BCUT2D eigenvalue weighted by molar-refractivity contribution is 0.0731. The quantitative estimate of drug-likeness (QED) is 0.748. The molecule has 1 saturated heterocycles. The van der Waals surface area contributed by atoms with Crippen molar-refractivity contribution in [3.63, 3.8) is 0 Å². The van der Waals surface area contributed by atoms with Gasteiger partial charge in [0.1, 0.15) is 4.21 Å². The minimum Gasteiger partial charge on any atom is -0.379 e. The van der Waals surface area contributed by atoms with E-state index in [4.69, 9.17) is 4.74 Å². The van der Waals surface area contributed by atoms with Gasteiger partial charge in [-0.2, -0.15) is 4.31 Å². The van der Waals surface area contributed by atoms with Gasteiger partial charge in [0.15, 0.2) is 0 Å². The number of rotatable bonds is 6. The second-order valence-electron chi connectivity index (χ2n) is 5.07. The van der Waals surface area contributed by atoms with Gasteiger partial charge in [-0.3, -0.25) is 4.79 Å². The van der Waals surface area contributed by atoms with Gasteiger partial charge in [-0.25, -0.2) is 8.42 Å². The first-order valence-corrected chi connectivity index (χ1v) is 9.39. The zero-order valence-electron chi connectivity index (χ0n) is 13.1. The Bertz CT molecular complexity index is 614. The van der Waals surface area contributed by atoms with E-state index >= 15 is 0 Å². The number of carbonyl (C=O) groups excluding carboxylic acids is 1. The number of carbonyl (C=O) groups is 1. The molecule has 2 heterocycles. The number of likely N-dealkylation sites (N-methyl/N-ethyl adjacent to an activating group) is 1. The molecule has 0 bridgehead atoms. The Balaban J connectivity index is 0.00000264. The fraction of sp³-hybridized carbons (Fsp3) is 0.615. The van der Waals surface area contributed by atoms with Crippen molar-refractivity contribution >= 4 is 39.7 Å². The summed E-state index contributed by atoms with van der Waals surface area (Å²) in [5, 5.41) is 7.36. The van der Waals surface area contributed by atoms with Crippen LogP contribution in [-0.4, -0.2) is 64.6 Å². The van der Waals surface area contributed by atoms with Crippen molar-refractivity contribution in [2.45, 2.75) is 17.2 Å². The van der Waals surface area contributed by atoms with E-state index in [1.54, 1.807) is 5.38 Å². The molecule has 1 aromatic rings. The molecule has 2 rings (SSSR count). The molecule has 0 aliphatic carbocycles. The molecule has 0 aromatic carbocycles. The molecule has 1 amide bonds. The van der Waals surface area contributed by atoms with Crippen LogP contribution in [0.1, 0.15) is 17.3 Å². The molecule has 1 aromatic heterocycles. The summed E-state index contributed by atoms with van der Waals surface area (Å²) in [6, 6.07) is 1.59. The van der Waals surface area contributed by atoms with Crippen LogP contribution in [0.3, 0.4) is 0 Å². The fourth-order valence-electron chi connectivity index (χ4n) is 1.94. The molecular formula is C13H22ClN3O4S2. The third kappa shape index (κ3) is 5.13. The van der Waals surface area contributed by atoms with Crippen LogP contribution in [-0.2, 0) is 14.8 Å². The molecule has 2 N–H and O–H groups in total. The number of thiophene rings is 1. The fourth-order valence-corrected chi connectivity index (χ4v) is 4.66. The topological polar surface area (TPSA) is 87.7 Å². The van der Waals surface area contributed by atoms with Gasteiger partial charge in [-0.05, 0) is 20.0 Å². The van der Waals surface area contributed by atoms with Crippen LogP contribution < -0.4 is 10.6 Å². The van der Waals surface area contributed by atoms with Crippen LogP contribution in [0.2, 0.25) is 0 Å². The number of nitrogens with one attached hydrogen (secondary N) is 2. The summed E-state index contributed by atoms with van der Waals surface area (Å²) >= 11 is 1.07. The van der Waals surface area contributed by atoms with Gasteiger partial charge >= 0.3 is 0 Å². The Morgan fingerprint density at radius 2 is 2.09 bits per heavy atom. The minimum absolute atomic E-state index is 0. The summed E-state index contributed by atoms with van der Waals surface area (Å²) in [7, 11) is -1.72. The molecule has 0 spiro atoms. The molecule has 1 unspecified atom stereocenters. The maximum absolute atomic E-state index is 12.5. The van der Waals surface area contributed by atoms with Gasteiger partial charge in [-0.1, -0.05) is 0 Å². The summed E-state index contributed by atoms with van der Waals surface area (Å²) < 4.78 is 31.7. The molecule has 1 aliphatic heterocycles. The van der Waals surface area contributed by atoms with Crippen molar-refractivity contribution in [1.82, 2.24) is 14.9 Å². The smallest absolute Gasteiger partial charge is 0.252 e. The van der Waals surface area contributed by atoms with Crippen molar-refractivity contribution in [2.24, 2.45) is 0 Å². The SMILES string of the molecule is CNC(C)CNC(=O)c1csc(S(=O)(=O)N2CCOCC2)c1.Cl. The molecule has 7 nitrogen and oxygen atoms in total. The number of hydrogen-bond acceptors (Lipinski definition) is 6. The van der Waals surface area contributed by atoms with Gasteiger partial charge in [0.2, 0.25) is 0 Å². The lowest BCUT2D eigenvalue weighted by Crippen LogP contribution is -2.40. The Hall–Kier alpha value is -0.710. The average molecular weight is 384 g/mol. The van der Waals surface area contributed by atoms with Gasteiger partial charge < -0.3 is 15.4 Å². The Morgan fingerprint density at radius 3 is 2.70 bits per heavy atom. The number of nitrogens with zero attached hydrogens (tertiary/aromatic N) is 1. The van der Waals surface area contributed by atoms with Crippen molar-refractivity contribution in [3.05, 3.63) is 17.0 Å². The van der Waals surface area contributed by atoms with Crippen LogP contribution in [0.4, 0.5) is 0 Å². The third-order valence-electron chi connectivity index (χ3n) is 3.46. The molecule has 10 heteroatoms. The van der Waals surface area contributed by atoms with Gasteiger partial charge in [0.25, 0.3) is 15.9 Å². The normalized spacial score (nSPS) is 17.3. The number of halogens is 1. The standard InChI is InChI=1S/C13H21N3O4S2.ClH/c1-10(14-2)8-15-13(17)11-7-12(21-9-11)22(18,19)16-3-5-20-6-4-16;/h7,9-10,14H,3-6,8H2,1-2H3,(H,15,17);1H. The lowest BCUT2D eigenvalue weighted by atomic mass is 10.3. The van der Waals surface area contributed by atoms with Crippen LogP contribution in [0, 0.1) is 0 Å². The van der Waals surface area contributed by atoms with E-state index in [0.29, 0.717) is 38.4 Å². The number of hydrogen-bond donors (Lipinski definition) is 2. The highest BCUT2D eigenvalue weighted by Crippen LogP contribution is 2.24. The summed E-state index contributed by atoms with van der Waals surface area (Å²) in [5.74, 6) is -0.262. The van der Waals surface area contributed by atoms with Crippen molar-refractivity contribution in [1.29, 1.82) is 0 Å². The zero-order chi connectivity index (χ0) is 16.2. The molecule has 1 aliphatic rings. The summed E-state index contributed by atoms with van der Waals surface area (Å²) in [6.45, 7) is 3.93. The average Bonchev–Trinajstić information content (AvgIpc) is 3.04. The number of amides is 1. The maximum atomic E-state index is 12.5. The van der Waals surface area contributed by atoms with E-state index in [9.17, 15) is 13.2 Å². The first-order chi connectivity index (χ1) is 10.4. The van der Waals surface area contributed by atoms with E-state index in [2.05, 4.69) is 10.6 Å². The van der Waals surface area contributed by atoms with E-state index < -0.39 is 10.0 Å². The number of morpholine rings is 1. The molecular weight excluding hydrogens is 362 g/mol. The molecule has 1 atom stereocenters. The molecule has 0 radical (unpaired) electrons. The summed E-state index contributed by atoms with van der Waals surface area (Å²) in [6.07, 6.45) is 0. The van der Waals surface area contributed by atoms with Crippen molar-refractivity contribution in [3.8, 4) is 0 Å². The lowest BCUT2D eigenvalue weighted by Gasteiger charge is -2.25. The highest BCUT2D eigenvalue weighted by molar-refractivity contribution is 7.91. The Morgan fingerprint density at radius 1 is 1.43 bits per heavy atom. The molecule has 0 saturated carbocycles. The van der Waals surface area contributed by atoms with Gasteiger partial charge in [0.05, 0.1) is 18.8 Å². The molecule has 132 valence electrons. The maximum Gasteiger partial charge on any atom is 0.252 e. The molecule has 23 heavy (non-hydrogen) atoms. The third-order valence-corrected chi connectivity index (χ3v) is 6.78. The first kappa shape index (κ1) is 20.3. The Kier molecular flexibility index (Phi) is 7.91. The van der Waals surface area contributed by atoms with E-state index in [-0.39, 0.29) is 28.6 Å². The predicted molar refractivity (Wildman–Crippen MR) is 92.0 cm³/mol. The second-order valence-corrected chi connectivity index (χ2v) is 8.15. The summed E-state index contributed by atoms with van der Waals surface area (Å²) in [4.78, 5) is 12.0. The van der Waals surface area contributed by atoms with Gasteiger partial charge in [0, 0.05) is 31.1 Å². The van der Waals surface area contributed by atoms with E-state index in [0.717, 1.165) is 11.3 Å². The number of ether oxygens (including phenoxy) is 1. The zero-order valence-corrected chi connectivity index (χ0v) is 15.5. The highest BCUT2D eigenvalue weighted by atomic mass is 35.5. The van der Waals surface area contributed by atoms with Crippen LogP contribution in [0.25, 0.3) is 0 Å². The van der Waals surface area contributed by atoms with E-state index in [1.807, 2.05) is 14.0 Å². The minimum atomic E-state index is -3.53. The summed E-state index contributed by atoms with van der Waals surface area (Å²) in [5.41, 5.74) is 0.375. The first-order valence-electron chi connectivity index (χ1n) is 7.07. The van der Waals surface area contributed by atoms with Crippen LogP contribution in [0.5, 0.6) is 0 Å². The Labute approximate surface area is 146 Å². The van der Waals surface area contributed by atoms with Crippen molar-refractivity contribution in [2.75, 3.05) is 39.9 Å². The van der Waals surface area contributed by atoms with Crippen LogP contribution >= 0.6 is 23.7 Å².